The van der Waals surface area contributed by atoms with E-state index in [-0.39, 0.29) is 55.7 Å². The van der Waals surface area contributed by atoms with Gasteiger partial charge in [0.25, 0.3) is 0 Å². The number of nitrogens with one attached hydrogen (secondary N) is 2. The average molecular weight is 615 g/mol. The van der Waals surface area contributed by atoms with Crippen molar-refractivity contribution in [1.82, 2.24) is 20.2 Å². The number of allylic oxidation sites excluding steroid dienone is 2. The number of anilines is 1. The van der Waals surface area contributed by atoms with Gasteiger partial charge in [-0.2, -0.15) is 13.2 Å². The number of likely N-dealkylation sites (N-methyl/N-ethyl adjacent to an activating group) is 1. The fraction of sp³-hybridized carbons (Fsp3) is 0.481. The molecule has 4 N–H and O–H groups in total. The van der Waals surface area contributed by atoms with E-state index in [9.17, 15) is 28.2 Å². The van der Waals surface area contributed by atoms with Crippen molar-refractivity contribution in [3.63, 3.8) is 0 Å². The maximum absolute atomic E-state index is 12.5. The number of halogens is 4. The summed E-state index contributed by atoms with van der Waals surface area (Å²) in [5, 5.41) is 31.9. The van der Waals surface area contributed by atoms with Crippen LogP contribution in [-0.4, -0.2) is 102 Å². The van der Waals surface area contributed by atoms with Crippen molar-refractivity contribution in [2.24, 2.45) is 0 Å². The molecular weight excluding hydrogens is 581 g/mol. The summed E-state index contributed by atoms with van der Waals surface area (Å²) in [5.74, 6) is 0.884. The molecule has 3 rings (SSSR count). The highest BCUT2D eigenvalue weighted by Crippen LogP contribution is 2.35. The predicted octanol–water partition coefficient (Wildman–Crippen LogP) is 4.21. The van der Waals surface area contributed by atoms with Crippen molar-refractivity contribution in [3.05, 3.63) is 40.2 Å². The first-order chi connectivity index (χ1) is 19.7. The number of aliphatic hydroxyl groups is 2. The molecule has 0 unspecified atom stereocenters. The smallest absolute Gasteiger partial charge is 0.422 e. The third kappa shape index (κ3) is 8.46. The van der Waals surface area contributed by atoms with Crippen LogP contribution in [0.2, 0.25) is 5.02 Å². The molecule has 230 valence electrons. The maximum Gasteiger partial charge on any atom is 0.422 e. The summed E-state index contributed by atoms with van der Waals surface area (Å²) in [5.41, 5.74) is 1.49. The van der Waals surface area contributed by atoms with E-state index in [2.05, 4.69) is 15.0 Å². The van der Waals surface area contributed by atoms with Gasteiger partial charge in [0.15, 0.2) is 12.4 Å². The average Bonchev–Trinajstić information content (AvgIpc) is 2.92. The summed E-state index contributed by atoms with van der Waals surface area (Å²) in [4.78, 5) is 24.6. The Morgan fingerprint density at radius 2 is 1.88 bits per heavy atom. The highest BCUT2D eigenvalue weighted by Gasteiger charge is 2.32. The topological polar surface area (TPSA) is 144 Å². The van der Waals surface area contributed by atoms with Gasteiger partial charge in [0.2, 0.25) is 0 Å². The minimum absolute atomic E-state index is 0.0203. The molecule has 0 bridgehead atoms. The van der Waals surface area contributed by atoms with Gasteiger partial charge in [0.05, 0.1) is 16.3 Å². The third-order valence-corrected chi connectivity index (χ3v) is 6.68. The standard InChI is InChI=1S/C27H34ClF3N6O5/c1-15-23(22(16(2)32)17(3)38)34-24(20-11-19(5-6-21(20)28)41-13-18(39)12-33-4)35-25(15)36-7-9-37(10-8-36)26(40)42-14-27(29,30)31/h5-6,11,18,32-33,38-39H,7-10,12-14H2,1-4H3/b22-17+,32-16?/t18-/m1/s1. The van der Waals surface area contributed by atoms with Crippen LogP contribution < -0.4 is 15.0 Å². The van der Waals surface area contributed by atoms with Gasteiger partial charge in [0, 0.05) is 49.6 Å². The fourth-order valence-electron chi connectivity index (χ4n) is 4.39. The molecule has 0 aliphatic carbocycles. The number of benzene rings is 1. The third-order valence-electron chi connectivity index (χ3n) is 6.35. The van der Waals surface area contributed by atoms with Crippen LogP contribution in [0, 0.1) is 12.3 Å². The Kier molecular flexibility index (Phi) is 11.0. The van der Waals surface area contributed by atoms with Crippen molar-refractivity contribution >= 4 is 34.8 Å². The number of aromatic nitrogens is 2. The van der Waals surface area contributed by atoms with Gasteiger partial charge < -0.3 is 40.2 Å². The van der Waals surface area contributed by atoms with Crippen LogP contribution in [-0.2, 0) is 4.74 Å². The van der Waals surface area contributed by atoms with E-state index in [1.54, 1.807) is 32.2 Å². The molecule has 1 aromatic heterocycles. The first kappa shape index (κ1) is 32.9. The van der Waals surface area contributed by atoms with E-state index in [0.29, 0.717) is 40.0 Å². The molecule has 0 saturated carbocycles. The second kappa shape index (κ2) is 14.0. The van der Waals surface area contributed by atoms with Crippen LogP contribution >= 0.6 is 11.6 Å². The number of hydrogen-bond acceptors (Lipinski definition) is 10. The predicted molar refractivity (Wildman–Crippen MR) is 152 cm³/mol. The van der Waals surface area contributed by atoms with E-state index in [1.807, 2.05) is 4.90 Å². The molecule has 2 heterocycles. The molecule has 1 saturated heterocycles. The molecular formula is C27H34ClF3N6O5. The largest absolute Gasteiger partial charge is 0.512 e. The van der Waals surface area contributed by atoms with Gasteiger partial charge in [-0.1, -0.05) is 11.6 Å². The normalized spacial score (nSPS) is 15.3. The number of rotatable bonds is 10. The van der Waals surface area contributed by atoms with Gasteiger partial charge in [-0.15, -0.1) is 0 Å². The minimum atomic E-state index is -4.62. The molecule has 0 spiro atoms. The zero-order chi connectivity index (χ0) is 31.2. The van der Waals surface area contributed by atoms with E-state index >= 15 is 0 Å². The van der Waals surface area contributed by atoms with Gasteiger partial charge in [0.1, 0.15) is 30.0 Å². The molecule has 1 aliphatic rings. The number of alkyl halides is 3. The van der Waals surface area contributed by atoms with Gasteiger partial charge in [-0.3, -0.25) is 0 Å². The lowest BCUT2D eigenvalue weighted by molar-refractivity contribution is -0.162. The number of ether oxygens (including phenoxy) is 2. The van der Waals surface area contributed by atoms with Crippen molar-refractivity contribution < 1.29 is 37.7 Å². The molecule has 15 heteroatoms. The zero-order valence-corrected chi connectivity index (χ0v) is 24.4. The van der Waals surface area contributed by atoms with Crippen molar-refractivity contribution in [2.75, 3.05) is 57.9 Å². The molecule has 1 amide bonds. The van der Waals surface area contributed by atoms with E-state index < -0.39 is 25.0 Å². The van der Waals surface area contributed by atoms with E-state index in [0.717, 1.165) is 0 Å². The molecule has 1 atom stereocenters. The first-order valence-electron chi connectivity index (χ1n) is 13.0. The minimum Gasteiger partial charge on any atom is -0.512 e. The van der Waals surface area contributed by atoms with Gasteiger partial charge >= 0.3 is 12.3 Å². The number of hydrogen-bond donors (Lipinski definition) is 4. The second-order valence-electron chi connectivity index (χ2n) is 9.74. The Labute approximate surface area is 246 Å². The van der Waals surface area contributed by atoms with Crippen molar-refractivity contribution in [2.45, 2.75) is 33.1 Å². The molecule has 2 aromatic rings. The number of aliphatic hydroxyl groups excluding tert-OH is 2. The monoisotopic (exact) mass is 614 g/mol. The number of nitrogens with zero attached hydrogens (tertiary/aromatic N) is 4. The summed E-state index contributed by atoms with van der Waals surface area (Å²) in [6, 6.07) is 4.85. The highest BCUT2D eigenvalue weighted by atomic mass is 35.5. The fourth-order valence-corrected chi connectivity index (χ4v) is 4.59. The molecule has 42 heavy (non-hydrogen) atoms. The van der Waals surface area contributed by atoms with Crippen molar-refractivity contribution in [1.29, 1.82) is 5.41 Å². The zero-order valence-electron chi connectivity index (χ0n) is 23.7. The van der Waals surface area contributed by atoms with E-state index in [1.165, 1.54) is 18.7 Å². The lowest BCUT2D eigenvalue weighted by atomic mass is 10.0. The van der Waals surface area contributed by atoms with Gasteiger partial charge in [-0.25, -0.2) is 14.8 Å². The molecule has 0 radical (unpaired) electrons. The van der Waals surface area contributed by atoms with Crippen LogP contribution in [0.15, 0.2) is 24.0 Å². The Hall–Kier alpha value is -3.62. The summed E-state index contributed by atoms with van der Waals surface area (Å²) in [7, 11) is 1.71. The Bertz CT molecular complexity index is 1330. The SMILES string of the molecule is CNC[C@@H](O)COc1ccc(Cl)c(-c2nc(/C(C(C)=N)=C(\C)O)c(C)c(N3CCN(C(=O)OCC(F)(F)F)CC3)n2)c1. The molecule has 1 aromatic carbocycles. The molecule has 1 fully saturated rings. The number of carbonyl (C=O) groups excluding carboxylic acids is 1. The van der Waals surface area contributed by atoms with E-state index in [4.69, 9.17) is 26.7 Å². The highest BCUT2D eigenvalue weighted by molar-refractivity contribution is 6.33. The number of piperazine rings is 1. The Morgan fingerprint density at radius 1 is 1.21 bits per heavy atom. The maximum atomic E-state index is 12.5. The first-order valence-corrected chi connectivity index (χ1v) is 13.4. The molecule has 11 nitrogen and oxygen atoms in total. The summed E-state index contributed by atoms with van der Waals surface area (Å²) >= 11 is 6.54. The summed E-state index contributed by atoms with van der Waals surface area (Å²) in [6.45, 7) is 3.97. The van der Waals surface area contributed by atoms with Crippen LogP contribution in [0.25, 0.3) is 17.0 Å². The lowest BCUT2D eigenvalue weighted by Gasteiger charge is -2.36. The van der Waals surface area contributed by atoms with Gasteiger partial charge in [-0.05, 0) is 46.0 Å². The molecule has 1 aliphatic heterocycles. The second-order valence-corrected chi connectivity index (χ2v) is 10.1. The van der Waals surface area contributed by atoms with Crippen molar-refractivity contribution in [3.8, 4) is 17.1 Å². The number of amides is 1. The van der Waals surface area contributed by atoms with Crippen LogP contribution in [0.1, 0.15) is 25.1 Å². The van der Waals surface area contributed by atoms with Crippen LogP contribution in [0.4, 0.5) is 23.8 Å². The Morgan fingerprint density at radius 3 is 2.45 bits per heavy atom. The summed E-state index contributed by atoms with van der Waals surface area (Å²) in [6.07, 6.45) is -6.43. The Balaban J connectivity index is 1.99. The lowest BCUT2D eigenvalue weighted by Crippen LogP contribution is -2.49. The van der Waals surface area contributed by atoms with Crippen LogP contribution in [0.5, 0.6) is 5.75 Å². The quantitative estimate of drug-likeness (QED) is 0.228. The number of carbonyl (C=O) groups is 1. The summed E-state index contributed by atoms with van der Waals surface area (Å²) < 4.78 is 47.5. The van der Waals surface area contributed by atoms with Crippen LogP contribution in [0.3, 0.4) is 0 Å².